The average molecular weight is 433 g/mol. The van der Waals surface area contributed by atoms with Crippen molar-refractivity contribution in [3.8, 4) is 0 Å². The number of nitrogens with one attached hydrogen (secondary N) is 3. The van der Waals surface area contributed by atoms with Crippen molar-refractivity contribution in [1.82, 2.24) is 20.4 Å². The Labute approximate surface area is 169 Å². The number of hydrogen-bond donors (Lipinski definition) is 3. The number of alkyl halides is 3. The molecule has 0 saturated carbocycles. The number of benzene rings is 1. The van der Waals surface area contributed by atoms with Crippen molar-refractivity contribution in [2.75, 3.05) is 25.0 Å². The van der Waals surface area contributed by atoms with E-state index in [9.17, 15) is 31.5 Å². The number of anilines is 1. The Balaban J connectivity index is 0.00000341. The van der Waals surface area contributed by atoms with Gasteiger partial charge in [-0.15, -0.1) is 0 Å². The predicted molar refractivity (Wildman–Crippen MR) is 98.0 cm³/mol. The van der Waals surface area contributed by atoms with Gasteiger partial charge in [-0.3, -0.25) is 19.6 Å². The van der Waals surface area contributed by atoms with E-state index in [1.54, 1.807) is 0 Å². The van der Waals surface area contributed by atoms with Crippen LogP contribution < -0.4 is 10.6 Å². The van der Waals surface area contributed by atoms with Crippen molar-refractivity contribution in [2.24, 2.45) is 0 Å². The molecule has 3 N–H and O–H groups in total. The standard InChI is InChI=1S/C18H18F5N5O2.H2/c19-11-2-1-3-12(20)14(11)16(29)26-13-8-24-27-15(13)17(30)25-10-4-6-28(7-5-10)9-18(21,22)23;/h1-3,8,10H,4-7,9H2,(H,24,27)(H,25,30)(H,26,29);1H. The van der Waals surface area contributed by atoms with E-state index in [0.29, 0.717) is 12.8 Å². The Hall–Kier alpha value is -3.02. The molecule has 0 bridgehead atoms. The highest BCUT2D eigenvalue weighted by atomic mass is 19.4. The zero-order chi connectivity index (χ0) is 21.9. The fraction of sp³-hybridized carbons (Fsp3) is 0.389. The summed E-state index contributed by atoms with van der Waals surface area (Å²) in [7, 11) is 0. The van der Waals surface area contributed by atoms with Crippen molar-refractivity contribution in [2.45, 2.75) is 25.1 Å². The lowest BCUT2D eigenvalue weighted by molar-refractivity contribution is -0.148. The summed E-state index contributed by atoms with van der Waals surface area (Å²) in [4.78, 5) is 25.9. The van der Waals surface area contributed by atoms with Crippen LogP contribution in [0.25, 0.3) is 0 Å². The van der Waals surface area contributed by atoms with Crippen LogP contribution in [0.1, 0.15) is 35.1 Å². The number of aromatic amines is 1. The first-order valence-electron chi connectivity index (χ1n) is 9.03. The molecule has 0 spiro atoms. The summed E-state index contributed by atoms with van der Waals surface area (Å²) in [6.07, 6.45) is -2.54. The van der Waals surface area contributed by atoms with Crippen LogP contribution in [0.5, 0.6) is 0 Å². The largest absolute Gasteiger partial charge is 0.401 e. The summed E-state index contributed by atoms with van der Waals surface area (Å²) in [6, 6.07) is 2.59. The maximum absolute atomic E-state index is 13.8. The first-order chi connectivity index (χ1) is 14.1. The van der Waals surface area contributed by atoms with Gasteiger partial charge >= 0.3 is 6.18 Å². The summed E-state index contributed by atoms with van der Waals surface area (Å²) in [5, 5.41) is 11.0. The Bertz CT molecular complexity index is 908. The van der Waals surface area contributed by atoms with Gasteiger partial charge in [0.2, 0.25) is 0 Å². The molecule has 1 fully saturated rings. The van der Waals surface area contributed by atoms with Crippen LogP contribution >= 0.6 is 0 Å². The minimum atomic E-state index is -4.28. The molecule has 1 aliphatic heterocycles. The summed E-state index contributed by atoms with van der Waals surface area (Å²) >= 11 is 0. The minimum Gasteiger partial charge on any atom is -0.348 e. The van der Waals surface area contributed by atoms with Gasteiger partial charge in [0.1, 0.15) is 22.9 Å². The number of halogens is 5. The van der Waals surface area contributed by atoms with Gasteiger partial charge in [0.25, 0.3) is 11.8 Å². The summed E-state index contributed by atoms with van der Waals surface area (Å²) in [5.41, 5.74) is -1.03. The van der Waals surface area contributed by atoms with E-state index < -0.39 is 41.7 Å². The third-order valence-corrected chi connectivity index (χ3v) is 4.63. The van der Waals surface area contributed by atoms with Gasteiger partial charge in [0.05, 0.1) is 18.4 Å². The molecule has 0 unspecified atom stereocenters. The van der Waals surface area contributed by atoms with E-state index in [0.717, 1.165) is 24.4 Å². The molecule has 1 aromatic heterocycles. The third kappa shape index (κ3) is 5.32. The Morgan fingerprint density at radius 3 is 2.40 bits per heavy atom. The zero-order valence-corrected chi connectivity index (χ0v) is 15.5. The molecule has 1 saturated heterocycles. The molecule has 0 radical (unpaired) electrons. The van der Waals surface area contributed by atoms with E-state index >= 15 is 0 Å². The molecule has 2 amide bonds. The number of carbonyl (C=O) groups is 2. The van der Waals surface area contributed by atoms with Crippen molar-refractivity contribution in [3.05, 3.63) is 47.3 Å². The maximum Gasteiger partial charge on any atom is 0.401 e. The monoisotopic (exact) mass is 433 g/mol. The second-order valence-electron chi connectivity index (χ2n) is 6.85. The van der Waals surface area contributed by atoms with Crippen LogP contribution in [0, 0.1) is 11.6 Å². The van der Waals surface area contributed by atoms with Gasteiger partial charge in [-0.2, -0.15) is 18.3 Å². The quantitative estimate of drug-likeness (QED) is 0.633. The molecule has 30 heavy (non-hydrogen) atoms. The van der Waals surface area contributed by atoms with Crippen LogP contribution in [0.15, 0.2) is 24.4 Å². The molecule has 2 aromatic rings. The zero-order valence-electron chi connectivity index (χ0n) is 15.5. The van der Waals surface area contributed by atoms with Gasteiger partial charge < -0.3 is 10.6 Å². The Morgan fingerprint density at radius 1 is 1.17 bits per heavy atom. The maximum atomic E-state index is 13.8. The second-order valence-corrected chi connectivity index (χ2v) is 6.85. The molecule has 1 aromatic carbocycles. The first kappa shape index (κ1) is 21.7. The number of aromatic nitrogens is 2. The molecule has 1 aliphatic rings. The van der Waals surface area contributed by atoms with Crippen LogP contribution in [0.2, 0.25) is 0 Å². The predicted octanol–water partition coefficient (Wildman–Crippen LogP) is 2.94. The van der Waals surface area contributed by atoms with Gasteiger partial charge in [-0.25, -0.2) is 8.78 Å². The number of rotatable bonds is 5. The number of amides is 2. The average Bonchev–Trinajstić information content (AvgIpc) is 3.10. The summed E-state index contributed by atoms with van der Waals surface area (Å²) < 4.78 is 64.9. The minimum absolute atomic E-state index is 0. The molecule has 0 atom stereocenters. The molecular weight excluding hydrogens is 413 g/mol. The van der Waals surface area contributed by atoms with Gasteiger partial charge in [-0.1, -0.05) is 6.07 Å². The summed E-state index contributed by atoms with van der Waals surface area (Å²) in [5.74, 6) is -3.87. The number of likely N-dealkylation sites (tertiary alicyclic amines) is 1. The smallest absolute Gasteiger partial charge is 0.348 e. The van der Waals surface area contributed by atoms with Gasteiger partial charge in [-0.05, 0) is 25.0 Å². The van der Waals surface area contributed by atoms with E-state index in [2.05, 4.69) is 20.8 Å². The molecule has 164 valence electrons. The lowest BCUT2D eigenvalue weighted by Gasteiger charge is -2.32. The lowest BCUT2D eigenvalue weighted by Crippen LogP contribution is -2.47. The molecule has 0 aliphatic carbocycles. The van der Waals surface area contributed by atoms with E-state index in [-0.39, 0.29) is 31.9 Å². The van der Waals surface area contributed by atoms with Crippen LogP contribution in [-0.2, 0) is 0 Å². The summed E-state index contributed by atoms with van der Waals surface area (Å²) in [6.45, 7) is -0.663. The van der Waals surface area contributed by atoms with Crippen molar-refractivity contribution >= 4 is 17.5 Å². The highest BCUT2D eigenvalue weighted by molar-refractivity contribution is 6.08. The number of nitrogens with zero attached hydrogens (tertiary/aromatic N) is 2. The third-order valence-electron chi connectivity index (χ3n) is 4.63. The molecular formula is C18H20F5N5O2. The number of piperidine rings is 1. The fourth-order valence-electron chi connectivity index (χ4n) is 3.20. The van der Waals surface area contributed by atoms with Crippen LogP contribution in [0.3, 0.4) is 0 Å². The Kier molecular flexibility index (Phi) is 6.34. The van der Waals surface area contributed by atoms with E-state index in [4.69, 9.17) is 0 Å². The van der Waals surface area contributed by atoms with Gasteiger partial charge in [0, 0.05) is 20.6 Å². The number of hydrogen-bond acceptors (Lipinski definition) is 4. The van der Waals surface area contributed by atoms with Crippen LogP contribution in [-0.4, -0.2) is 58.8 Å². The van der Waals surface area contributed by atoms with Crippen molar-refractivity contribution in [1.29, 1.82) is 0 Å². The topological polar surface area (TPSA) is 90.1 Å². The number of H-pyrrole nitrogens is 1. The van der Waals surface area contributed by atoms with E-state index in [1.165, 1.54) is 4.90 Å². The Morgan fingerprint density at radius 2 is 1.80 bits per heavy atom. The normalized spacial score (nSPS) is 15.8. The molecule has 2 heterocycles. The SMILES string of the molecule is O=C(NC1CCN(CC(F)(F)F)CC1)c1[nH]ncc1NC(=O)c1c(F)cccc1F.[HH]. The highest BCUT2D eigenvalue weighted by Gasteiger charge is 2.33. The number of carbonyl (C=O) groups excluding carboxylic acids is 2. The molecule has 12 heteroatoms. The second kappa shape index (κ2) is 8.78. The van der Waals surface area contributed by atoms with Crippen molar-refractivity contribution < 1.29 is 33.0 Å². The fourth-order valence-corrected chi connectivity index (χ4v) is 3.20. The highest BCUT2D eigenvalue weighted by Crippen LogP contribution is 2.21. The van der Waals surface area contributed by atoms with Crippen LogP contribution in [0.4, 0.5) is 27.6 Å². The van der Waals surface area contributed by atoms with Gasteiger partial charge in [0.15, 0.2) is 0 Å². The molecule has 3 rings (SSSR count). The van der Waals surface area contributed by atoms with E-state index in [1.807, 2.05) is 0 Å². The lowest BCUT2D eigenvalue weighted by atomic mass is 10.0. The van der Waals surface area contributed by atoms with Crippen molar-refractivity contribution in [3.63, 3.8) is 0 Å². The molecule has 7 nitrogen and oxygen atoms in total. The first-order valence-corrected chi connectivity index (χ1v) is 9.03.